The van der Waals surface area contributed by atoms with Crippen molar-refractivity contribution >= 4 is 5.69 Å². The molecule has 0 aliphatic rings. The number of nitrogens with one attached hydrogen (secondary N) is 1. The van der Waals surface area contributed by atoms with E-state index in [9.17, 15) is 10.1 Å². The molecule has 106 valence electrons. The van der Waals surface area contributed by atoms with E-state index in [-0.39, 0.29) is 16.7 Å². The first-order valence-corrected chi connectivity index (χ1v) is 6.45. The van der Waals surface area contributed by atoms with Gasteiger partial charge in [-0.25, -0.2) is 0 Å². The summed E-state index contributed by atoms with van der Waals surface area (Å²) >= 11 is 0. The molecule has 6 heteroatoms. The quantitative estimate of drug-likeness (QED) is 0.671. The largest absolute Gasteiger partial charge is 0.306 e. The molecule has 0 amide bonds. The van der Waals surface area contributed by atoms with Gasteiger partial charge in [-0.2, -0.15) is 5.10 Å². The van der Waals surface area contributed by atoms with E-state index in [1.54, 1.807) is 12.1 Å². The van der Waals surface area contributed by atoms with E-state index in [1.165, 1.54) is 6.07 Å². The summed E-state index contributed by atoms with van der Waals surface area (Å²) in [5, 5.41) is 18.5. The highest BCUT2D eigenvalue weighted by Crippen LogP contribution is 2.24. The van der Waals surface area contributed by atoms with Crippen LogP contribution in [0.2, 0.25) is 0 Å². The fraction of sp³-hybridized carbons (Fsp3) is 0.357. The number of hydrogen-bond donors (Lipinski definition) is 1. The highest BCUT2D eigenvalue weighted by molar-refractivity contribution is 5.41. The summed E-state index contributed by atoms with van der Waals surface area (Å²) in [7, 11) is 1.89. The van der Waals surface area contributed by atoms with E-state index >= 15 is 0 Å². The maximum atomic E-state index is 11.0. The fourth-order valence-corrected chi connectivity index (χ4v) is 2.11. The lowest BCUT2D eigenvalue weighted by atomic mass is 10.1. The van der Waals surface area contributed by atoms with Crippen LogP contribution >= 0.6 is 0 Å². The molecule has 1 heterocycles. The Labute approximate surface area is 117 Å². The number of nitro groups is 1. The number of benzene rings is 1. The van der Waals surface area contributed by atoms with Crippen molar-refractivity contribution in [2.45, 2.75) is 26.4 Å². The number of rotatable bonds is 5. The summed E-state index contributed by atoms with van der Waals surface area (Å²) in [6.07, 6.45) is 1.81. The SMILES string of the molecule is Cc1c(CNC(C)c2ccccc2[N+](=O)[O-])cnn1C. The van der Waals surface area contributed by atoms with Crippen molar-refractivity contribution in [3.8, 4) is 0 Å². The molecule has 0 fully saturated rings. The first-order chi connectivity index (χ1) is 9.50. The normalized spacial score (nSPS) is 12.3. The zero-order chi connectivity index (χ0) is 14.7. The average Bonchev–Trinajstić information content (AvgIpc) is 2.76. The first-order valence-electron chi connectivity index (χ1n) is 6.45. The molecular weight excluding hydrogens is 256 g/mol. The first kappa shape index (κ1) is 14.2. The molecule has 0 aliphatic carbocycles. The van der Waals surface area contributed by atoms with E-state index in [4.69, 9.17) is 0 Å². The van der Waals surface area contributed by atoms with Gasteiger partial charge in [0.05, 0.1) is 11.1 Å². The molecule has 0 saturated carbocycles. The molecule has 0 saturated heterocycles. The van der Waals surface area contributed by atoms with Crippen molar-refractivity contribution in [1.29, 1.82) is 0 Å². The summed E-state index contributed by atoms with van der Waals surface area (Å²) in [6.45, 7) is 4.56. The zero-order valence-electron chi connectivity index (χ0n) is 11.8. The molecule has 1 aromatic carbocycles. The van der Waals surface area contributed by atoms with Crippen LogP contribution in [0.25, 0.3) is 0 Å². The Bertz CT molecular complexity index is 621. The molecule has 0 aliphatic heterocycles. The van der Waals surface area contributed by atoms with E-state index in [2.05, 4.69) is 10.4 Å². The Morgan fingerprint density at radius 3 is 2.75 bits per heavy atom. The summed E-state index contributed by atoms with van der Waals surface area (Å²) < 4.78 is 1.81. The predicted octanol–water partition coefficient (Wildman–Crippen LogP) is 2.49. The molecule has 0 spiro atoms. The molecule has 1 N–H and O–H groups in total. The Morgan fingerprint density at radius 2 is 2.15 bits per heavy atom. The zero-order valence-corrected chi connectivity index (χ0v) is 11.8. The highest BCUT2D eigenvalue weighted by atomic mass is 16.6. The third-order valence-corrected chi connectivity index (χ3v) is 3.54. The third-order valence-electron chi connectivity index (χ3n) is 3.54. The van der Waals surface area contributed by atoms with Gasteiger partial charge in [0.1, 0.15) is 0 Å². The molecule has 20 heavy (non-hydrogen) atoms. The van der Waals surface area contributed by atoms with Crippen molar-refractivity contribution in [3.05, 3.63) is 57.4 Å². The van der Waals surface area contributed by atoms with Crippen LogP contribution in [0.15, 0.2) is 30.5 Å². The van der Waals surface area contributed by atoms with E-state index in [1.807, 2.05) is 37.8 Å². The number of nitro benzene ring substituents is 1. The Morgan fingerprint density at radius 1 is 1.45 bits per heavy atom. The lowest BCUT2D eigenvalue weighted by Gasteiger charge is -2.14. The second-order valence-electron chi connectivity index (χ2n) is 4.80. The minimum Gasteiger partial charge on any atom is -0.306 e. The molecule has 1 atom stereocenters. The minimum absolute atomic E-state index is 0.101. The van der Waals surface area contributed by atoms with Crippen molar-refractivity contribution in [2.75, 3.05) is 0 Å². The summed E-state index contributed by atoms with van der Waals surface area (Å²) in [5.41, 5.74) is 3.03. The van der Waals surface area contributed by atoms with Crippen LogP contribution in [0, 0.1) is 17.0 Å². The fourth-order valence-electron chi connectivity index (χ4n) is 2.11. The average molecular weight is 274 g/mol. The van der Waals surface area contributed by atoms with Gasteiger partial charge >= 0.3 is 0 Å². The highest BCUT2D eigenvalue weighted by Gasteiger charge is 2.18. The van der Waals surface area contributed by atoms with Crippen molar-refractivity contribution < 1.29 is 4.92 Å². The minimum atomic E-state index is -0.344. The van der Waals surface area contributed by atoms with Crippen LogP contribution < -0.4 is 5.32 Å². The second kappa shape index (κ2) is 5.83. The van der Waals surface area contributed by atoms with Gasteiger partial charge < -0.3 is 5.32 Å². The van der Waals surface area contributed by atoms with Crippen molar-refractivity contribution in [1.82, 2.24) is 15.1 Å². The maximum Gasteiger partial charge on any atom is 0.274 e. The smallest absolute Gasteiger partial charge is 0.274 e. The van der Waals surface area contributed by atoms with Gasteiger partial charge in [0.15, 0.2) is 0 Å². The molecule has 0 radical (unpaired) electrons. The number of nitrogens with zero attached hydrogens (tertiary/aromatic N) is 3. The monoisotopic (exact) mass is 274 g/mol. The van der Waals surface area contributed by atoms with Crippen molar-refractivity contribution in [2.24, 2.45) is 7.05 Å². The number of aryl methyl sites for hydroxylation is 1. The van der Waals surface area contributed by atoms with Gasteiger partial charge in [-0.3, -0.25) is 14.8 Å². The molecule has 1 aromatic heterocycles. The number of para-hydroxylation sites is 1. The van der Waals surface area contributed by atoms with Gasteiger partial charge in [0.2, 0.25) is 0 Å². The van der Waals surface area contributed by atoms with Gasteiger partial charge in [-0.05, 0) is 13.8 Å². The second-order valence-corrected chi connectivity index (χ2v) is 4.80. The lowest BCUT2D eigenvalue weighted by molar-refractivity contribution is -0.385. The van der Waals surface area contributed by atoms with Crippen LogP contribution in [-0.2, 0) is 13.6 Å². The van der Waals surface area contributed by atoms with E-state index < -0.39 is 0 Å². The Balaban J connectivity index is 2.11. The van der Waals surface area contributed by atoms with Gasteiger partial charge in [0.25, 0.3) is 5.69 Å². The van der Waals surface area contributed by atoms with Crippen LogP contribution in [-0.4, -0.2) is 14.7 Å². The Kier molecular flexibility index (Phi) is 4.14. The summed E-state index contributed by atoms with van der Waals surface area (Å²) in [6, 6.07) is 6.71. The molecule has 2 aromatic rings. The molecule has 6 nitrogen and oxygen atoms in total. The Hall–Kier alpha value is -2.21. The summed E-state index contributed by atoms with van der Waals surface area (Å²) in [4.78, 5) is 10.7. The van der Waals surface area contributed by atoms with E-state index in [0.717, 1.165) is 11.3 Å². The van der Waals surface area contributed by atoms with Crippen LogP contribution in [0.4, 0.5) is 5.69 Å². The molecule has 2 rings (SSSR count). The maximum absolute atomic E-state index is 11.0. The summed E-state index contributed by atoms with van der Waals surface area (Å²) in [5.74, 6) is 0. The van der Waals surface area contributed by atoms with Crippen LogP contribution in [0.5, 0.6) is 0 Å². The molecular formula is C14H18N4O2. The van der Waals surface area contributed by atoms with Gasteiger partial charge in [-0.15, -0.1) is 0 Å². The predicted molar refractivity (Wildman–Crippen MR) is 76.3 cm³/mol. The van der Waals surface area contributed by atoms with Gasteiger partial charge in [0, 0.05) is 42.5 Å². The number of aromatic nitrogens is 2. The van der Waals surface area contributed by atoms with Crippen LogP contribution in [0.1, 0.15) is 29.8 Å². The van der Waals surface area contributed by atoms with Crippen LogP contribution in [0.3, 0.4) is 0 Å². The topological polar surface area (TPSA) is 73.0 Å². The standard InChI is InChI=1S/C14H18N4O2/c1-10(13-6-4-5-7-14(13)18(19)20)15-8-12-9-16-17(3)11(12)2/h4-7,9-10,15H,8H2,1-3H3. The van der Waals surface area contributed by atoms with E-state index in [0.29, 0.717) is 12.1 Å². The molecule has 0 bridgehead atoms. The lowest BCUT2D eigenvalue weighted by Crippen LogP contribution is -2.19. The number of hydrogen-bond acceptors (Lipinski definition) is 4. The van der Waals surface area contributed by atoms with Crippen molar-refractivity contribution in [3.63, 3.8) is 0 Å². The molecule has 1 unspecified atom stereocenters. The third kappa shape index (κ3) is 2.85. The van der Waals surface area contributed by atoms with Gasteiger partial charge in [-0.1, -0.05) is 18.2 Å².